The van der Waals surface area contributed by atoms with Gasteiger partial charge in [-0.25, -0.2) is 18.9 Å². The highest BCUT2D eigenvalue weighted by molar-refractivity contribution is 6.33. The maximum Gasteiger partial charge on any atom is 0.347 e. The molecule has 0 atom stereocenters. The summed E-state index contributed by atoms with van der Waals surface area (Å²) in [5.41, 5.74) is 1.75. The summed E-state index contributed by atoms with van der Waals surface area (Å²) >= 11 is 6.07. The fraction of sp³-hybridized carbons (Fsp3) is 0.286. The molecule has 0 spiro atoms. The Morgan fingerprint density at radius 1 is 1.17 bits per heavy atom. The minimum absolute atomic E-state index is 0.0299. The Balaban J connectivity index is 1.52. The number of benzene rings is 2. The topological polar surface area (TPSA) is 71.0 Å². The molecule has 1 aliphatic rings. The summed E-state index contributed by atoms with van der Waals surface area (Å²) in [4.78, 5) is 26.7. The molecule has 1 N–H and O–H groups in total. The highest BCUT2D eigenvalue weighted by Crippen LogP contribution is 2.29. The second-order valence-corrected chi connectivity index (χ2v) is 7.66. The number of aromatic nitrogens is 3. The number of carbonyl (C=O) groups is 1. The van der Waals surface area contributed by atoms with E-state index in [0.29, 0.717) is 31.8 Å². The fourth-order valence-corrected chi connectivity index (χ4v) is 3.90. The predicted molar refractivity (Wildman–Crippen MR) is 108 cm³/mol. The molecule has 2 aromatic carbocycles. The normalized spacial score (nSPS) is 14.9. The lowest BCUT2D eigenvalue weighted by Crippen LogP contribution is -2.38. The van der Waals surface area contributed by atoms with E-state index >= 15 is 0 Å². The number of nitrogens with zero attached hydrogens (tertiary/aromatic N) is 3. The van der Waals surface area contributed by atoms with Crippen LogP contribution in [0.15, 0.2) is 47.3 Å². The SMILES string of the molecule is Cc1ccc(-n2c(C3CCN(C(=O)c4cc(F)ccc4Cl)CC3)n[nH]c2=O)cc1. The van der Waals surface area contributed by atoms with Gasteiger partial charge in [0.15, 0.2) is 0 Å². The molecule has 8 heteroatoms. The lowest BCUT2D eigenvalue weighted by Gasteiger charge is -2.31. The number of hydrogen-bond acceptors (Lipinski definition) is 3. The number of halogens is 2. The molecule has 6 nitrogen and oxygen atoms in total. The average molecular weight is 415 g/mol. The third-order valence-electron chi connectivity index (χ3n) is 5.30. The Labute approximate surface area is 171 Å². The summed E-state index contributed by atoms with van der Waals surface area (Å²) < 4.78 is 15.1. The van der Waals surface area contributed by atoms with Crippen LogP contribution in [0.4, 0.5) is 4.39 Å². The molecule has 2 heterocycles. The van der Waals surface area contributed by atoms with E-state index in [1.807, 2.05) is 31.2 Å². The highest BCUT2D eigenvalue weighted by atomic mass is 35.5. The molecule has 1 saturated heterocycles. The van der Waals surface area contributed by atoms with Crippen LogP contribution in [0.5, 0.6) is 0 Å². The minimum Gasteiger partial charge on any atom is -0.339 e. The van der Waals surface area contributed by atoms with Gasteiger partial charge in [0, 0.05) is 19.0 Å². The van der Waals surface area contributed by atoms with E-state index in [-0.39, 0.29) is 28.1 Å². The molecular weight excluding hydrogens is 395 g/mol. The zero-order valence-electron chi connectivity index (χ0n) is 15.9. The summed E-state index contributed by atoms with van der Waals surface area (Å²) in [6, 6.07) is 11.5. The van der Waals surface area contributed by atoms with E-state index in [2.05, 4.69) is 10.2 Å². The van der Waals surface area contributed by atoms with Crippen LogP contribution in [0.3, 0.4) is 0 Å². The van der Waals surface area contributed by atoms with Crippen LogP contribution >= 0.6 is 11.6 Å². The van der Waals surface area contributed by atoms with Crippen molar-refractivity contribution in [3.05, 3.63) is 80.7 Å². The van der Waals surface area contributed by atoms with Gasteiger partial charge >= 0.3 is 5.69 Å². The van der Waals surface area contributed by atoms with Gasteiger partial charge in [0.1, 0.15) is 11.6 Å². The van der Waals surface area contributed by atoms with Crippen molar-refractivity contribution in [2.24, 2.45) is 0 Å². The molecule has 0 aliphatic carbocycles. The number of aromatic amines is 1. The van der Waals surface area contributed by atoms with Crippen molar-refractivity contribution in [3.63, 3.8) is 0 Å². The van der Waals surface area contributed by atoms with Gasteiger partial charge in [-0.1, -0.05) is 29.3 Å². The second-order valence-electron chi connectivity index (χ2n) is 7.25. The Kier molecular flexibility index (Phi) is 5.24. The van der Waals surface area contributed by atoms with Crippen molar-refractivity contribution < 1.29 is 9.18 Å². The van der Waals surface area contributed by atoms with E-state index in [1.165, 1.54) is 18.2 Å². The van der Waals surface area contributed by atoms with Crippen molar-refractivity contribution in [2.45, 2.75) is 25.7 Å². The van der Waals surface area contributed by atoms with Crippen LogP contribution in [-0.2, 0) is 0 Å². The zero-order valence-corrected chi connectivity index (χ0v) is 16.6. The summed E-state index contributed by atoms with van der Waals surface area (Å²) in [5.74, 6) is -0.0887. The van der Waals surface area contributed by atoms with Gasteiger partial charge in [0.2, 0.25) is 0 Å². The van der Waals surface area contributed by atoms with Gasteiger partial charge in [0.25, 0.3) is 5.91 Å². The first-order valence-electron chi connectivity index (χ1n) is 9.42. The van der Waals surface area contributed by atoms with Crippen molar-refractivity contribution in [1.29, 1.82) is 0 Å². The molecule has 1 amide bonds. The van der Waals surface area contributed by atoms with Gasteiger partial charge in [-0.3, -0.25) is 4.79 Å². The molecule has 150 valence electrons. The second kappa shape index (κ2) is 7.83. The third kappa shape index (κ3) is 3.82. The van der Waals surface area contributed by atoms with Crippen molar-refractivity contribution in [3.8, 4) is 5.69 Å². The van der Waals surface area contributed by atoms with Gasteiger partial charge < -0.3 is 4.90 Å². The number of amides is 1. The number of rotatable bonds is 3. The van der Waals surface area contributed by atoms with Gasteiger partial charge in [-0.05, 0) is 50.1 Å². The molecule has 1 fully saturated rings. The van der Waals surface area contributed by atoms with Crippen molar-refractivity contribution >= 4 is 17.5 Å². The van der Waals surface area contributed by atoms with Crippen LogP contribution in [0.1, 0.15) is 40.5 Å². The van der Waals surface area contributed by atoms with Crippen molar-refractivity contribution in [1.82, 2.24) is 19.7 Å². The first kappa shape index (κ1) is 19.4. The van der Waals surface area contributed by atoms with Gasteiger partial charge in [-0.2, -0.15) is 5.10 Å². The van der Waals surface area contributed by atoms with Crippen LogP contribution in [0.2, 0.25) is 5.02 Å². The van der Waals surface area contributed by atoms with E-state index in [0.717, 1.165) is 11.3 Å². The Morgan fingerprint density at radius 2 is 1.86 bits per heavy atom. The van der Waals surface area contributed by atoms with Crippen LogP contribution in [-0.4, -0.2) is 38.7 Å². The summed E-state index contributed by atoms with van der Waals surface area (Å²) in [6.07, 6.45) is 1.30. The van der Waals surface area contributed by atoms with Crippen LogP contribution < -0.4 is 5.69 Å². The smallest absolute Gasteiger partial charge is 0.339 e. The predicted octanol–water partition coefficient (Wildman–Crippen LogP) is 3.68. The van der Waals surface area contributed by atoms with E-state index in [1.54, 1.807) is 9.47 Å². The molecule has 1 aliphatic heterocycles. The number of aryl methyl sites for hydroxylation is 1. The standard InChI is InChI=1S/C21H20ClFN4O2/c1-13-2-5-16(6-3-13)27-19(24-25-21(27)29)14-8-10-26(11-9-14)20(28)17-12-15(23)4-7-18(17)22/h2-7,12,14H,8-11H2,1H3,(H,25,29). The van der Waals surface area contributed by atoms with E-state index in [4.69, 9.17) is 11.6 Å². The number of nitrogens with one attached hydrogen (secondary N) is 1. The highest BCUT2D eigenvalue weighted by Gasteiger charge is 2.29. The zero-order chi connectivity index (χ0) is 20.5. The summed E-state index contributed by atoms with van der Waals surface area (Å²) in [6.45, 7) is 2.94. The van der Waals surface area contributed by atoms with Crippen molar-refractivity contribution in [2.75, 3.05) is 13.1 Å². The van der Waals surface area contributed by atoms with Crippen LogP contribution in [0, 0.1) is 12.7 Å². The first-order valence-corrected chi connectivity index (χ1v) is 9.80. The average Bonchev–Trinajstić information content (AvgIpc) is 3.11. The maximum atomic E-state index is 13.5. The molecule has 0 radical (unpaired) electrons. The van der Waals surface area contributed by atoms with E-state index < -0.39 is 5.82 Å². The molecular formula is C21H20ClFN4O2. The largest absolute Gasteiger partial charge is 0.347 e. The lowest BCUT2D eigenvalue weighted by molar-refractivity contribution is 0.0710. The molecule has 0 unspecified atom stereocenters. The number of carbonyl (C=O) groups excluding carboxylic acids is 1. The van der Waals surface area contributed by atoms with Gasteiger partial charge in [0.05, 0.1) is 16.3 Å². The third-order valence-corrected chi connectivity index (χ3v) is 5.63. The first-order chi connectivity index (χ1) is 13.9. The van der Waals surface area contributed by atoms with E-state index in [9.17, 15) is 14.0 Å². The molecule has 29 heavy (non-hydrogen) atoms. The minimum atomic E-state index is -0.494. The monoisotopic (exact) mass is 414 g/mol. The number of likely N-dealkylation sites (tertiary alicyclic amines) is 1. The molecule has 4 rings (SSSR count). The number of hydrogen-bond donors (Lipinski definition) is 1. The Bertz CT molecular complexity index is 1100. The molecule has 3 aromatic rings. The Hall–Kier alpha value is -2.93. The lowest BCUT2D eigenvalue weighted by atomic mass is 9.95. The quantitative estimate of drug-likeness (QED) is 0.710. The number of H-pyrrole nitrogens is 1. The fourth-order valence-electron chi connectivity index (χ4n) is 3.70. The molecule has 1 aromatic heterocycles. The number of piperidine rings is 1. The summed E-state index contributed by atoms with van der Waals surface area (Å²) in [5, 5.41) is 7.02. The summed E-state index contributed by atoms with van der Waals surface area (Å²) in [7, 11) is 0. The molecule has 0 saturated carbocycles. The maximum absolute atomic E-state index is 13.5. The molecule has 0 bridgehead atoms. The Morgan fingerprint density at radius 3 is 2.55 bits per heavy atom. The van der Waals surface area contributed by atoms with Crippen LogP contribution in [0.25, 0.3) is 5.69 Å². The van der Waals surface area contributed by atoms with Gasteiger partial charge in [-0.15, -0.1) is 0 Å².